The van der Waals surface area contributed by atoms with E-state index in [-0.39, 0.29) is 36.3 Å². The first-order chi connectivity index (χ1) is 22.3. The second-order valence-corrected chi connectivity index (χ2v) is 10.0. The van der Waals surface area contributed by atoms with Crippen molar-refractivity contribution < 1.29 is 8.22 Å². The summed E-state index contributed by atoms with van der Waals surface area (Å²) in [6.45, 7) is 0. The van der Waals surface area contributed by atoms with E-state index in [2.05, 4.69) is 48.5 Å². The molecule has 0 amide bonds. The molecular formula is C40H26. The monoisotopic (exact) mass is 512 g/mol. The Morgan fingerprint density at radius 1 is 0.350 bits per heavy atom. The Morgan fingerprint density at radius 2 is 1.00 bits per heavy atom. The standard InChI is InChI=1S/C40H26/c1-2-13-28(14-3-1)39-35-16-6-8-18-37(35)40(38-19-9-7-17-36(38)39)34-23-11-21-32-31(20-10-22-33(32)34)30-25-24-27-12-4-5-15-29(27)26-30/h1-26H/i1D,2D,6D,8D,16D,18D. The van der Waals surface area contributed by atoms with Gasteiger partial charge in [-0.05, 0) is 82.5 Å². The smallest absolute Gasteiger partial charge is 0.0622 e. The van der Waals surface area contributed by atoms with Gasteiger partial charge in [0.2, 0.25) is 0 Å². The first kappa shape index (κ1) is 17.4. The molecule has 0 atom stereocenters. The lowest BCUT2D eigenvalue weighted by Crippen LogP contribution is -1.92. The Hall–Kier alpha value is -5.20. The van der Waals surface area contributed by atoms with Gasteiger partial charge in [-0.25, -0.2) is 0 Å². The van der Waals surface area contributed by atoms with Crippen molar-refractivity contribution in [1.29, 1.82) is 0 Å². The molecule has 0 saturated carbocycles. The zero-order valence-electron chi connectivity index (χ0n) is 27.5. The summed E-state index contributed by atoms with van der Waals surface area (Å²) in [6.07, 6.45) is 0. The van der Waals surface area contributed by atoms with Crippen LogP contribution in [0.15, 0.2) is 158 Å². The first-order valence-electron chi connectivity index (χ1n) is 16.4. The van der Waals surface area contributed by atoms with Crippen molar-refractivity contribution in [2.75, 3.05) is 0 Å². The molecule has 0 spiro atoms. The van der Waals surface area contributed by atoms with E-state index in [0.717, 1.165) is 49.2 Å². The topological polar surface area (TPSA) is 0 Å². The van der Waals surface area contributed by atoms with Crippen LogP contribution in [0.1, 0.15) is 8.22 Å². The molecule has 0 saturated heterocycles. The lowest BCUT2D eigenvalue weighted by molar-refractivity contribution is 1.65. The van der Waals surface area contributed by atoms with Crippen LogP contribution >= 0.6 is 0 Å². The summed E-state index contributed by atoms with van der Waals surface area (Å²) in [4.78, 5) is 0. The van der Waals surface area contributed by atoms with Gasteiger partial charge in [0.25, 0.3) is 0 Å². The molecule has 8 aromatic carbocycles. The maximum atomic E-state index is 9.23. The Morgan fingerprint density at radius 3 is 1.80 bits per heavy atom. The van der Waals surface area contributed by atoms with Crippen LogP contribution in [0.5, 0.6) is 0 Å². The highest BCUT2D eigenvalue weighted by Gasteiger charge is 2.18. The summed E-state index contributed by atoms with van der Waals surface area (Å²) in [5.41, 5.74) is 5.06. The summed E-state index contributed by atoms with van der Waals surface area (Å²) >= 11 is 0. The van der Waals surface area contributed by atoms with Crippen LogP contribution in [0.4, 0.5) is 0 Å². The third kappa shape index (κ3) is 3.54. The number of fused-ring (bicyclic) bond motifs is 4. The van der Waals surface area contributed by atoms with Crippen LogP contribution in [0.25, 0.3) is 76.5 Å². The molecular weight excluding hydrogens is 480 g/mol. The fourth-order valence-corrected chi connectivity index (χ4v) is 6.09. The van der Waals surface area contributed by atoms with Crippen molar-refractivity contribution in [3.05, 3.63) is 158 Å². The normalized spacial score (nSPS) is 13.6. The zero-order valence-corrected chi connectivity index (χ0v) is 21.5. The Kier molecular flexibility index (Phi) is 4.01. The van der Waals surface area contributed by atoms with E-state index >= 15 is 0 Å². The highest BCUT2D eigenvalue weighted by atomic mass is 14.2. The summed E-state index contributed by atoms with van der Waals surface area (Å²) in [6, 6.07) is 39.3. The second kappa shape index (κ2) is 9.22. The SMILES string of the molecule is [2H]c1ccc(-c2c3ccccc3c(-c3cccc4c(-c5ccc6ccccc6c5)cccc34)c3c([2H])c([2H])c([2H])c([2H])c23)cc1[2H]. The molecule has 0 radical (unpaired) electrons. The van der Waals surface area contributed by atoms with E-state index in [4.69, 9.17) is 6.85 Å². The van der Waals surface area contributed by atoms with E-state index in [1.54, 1.807) is 18.2 Å². The van der Waals surface area contributed by atoms with Gasteiger partial charge in [0.05, 0.1) is 8.22 Å². The van der Waals surface area contributed by atoms with Crippen molar-refractivity contribution in [2.45, 2.75) is 0 Å². The van der Waals surface area contributed by atoms with Crippen molar-refractivity contribution in [1.82, 2.24) is 0 Å². The first-order valence-corrected chi connectivity index (χ1v) is 13.4. The molecule has 0 aliphatic rings. The predicted octanol–water partition coefficient (Wildman–Crippen LogP) is 11.3. The van der Waals surface area contributed by atoms with Crippen molar-refractivity contribution in [2.24, 2.45) is 0 Å². The Labute approximate surface area is 242 Å². The maximum absolute atomic E-state index is 9.23. The molecule has 0 unspecified atom stereocenters. The summed E-state index contributed by atoms with van der Waals surface area (Å²) in [7, 11) is 0. The molecule has 0 nitrogen and oxygen atoms in total. The average Bonchev–Trinajstić information content (AvgIpc) is 3.09. The van der Waals surface area contributed by atoms with Crippen LogP contribution in [-0.2, 0) is 0 Å². The number of rotatable bonds is 3. The highest BCUT2D eigenvalue weighted by Crippen LogP contribution is 2.46. The minimum Gasteiger partial charge on any atom is -0.0622 e. The summed E-state index contributed by atoms with van der Waals surface area (Å²) in [5, 5.41) is 6.86. The second-order valence-electron chi connectivity index (χ2n) is 10.0. The van der Waals surface area contributed by atoms with Crippen LogP contribution in [0.2, 0.25) is 0 Å². The van der Waals surface area contributed by atoms with E-state index < -0.39 is 0 Å². The lowest BCUT2D eigenvalue weighted by atomic mass is 9.84. The minimum absolute atomic E-state index is 0.0508. The van der Waals surface area contributed by atoms with E-state index in [9.17, 15) is 1.37 Å². The average molecular weight is 513 g/mol. The zero-order chi connectivity index (χ0) is 31.7. The molecule has 0 bridgehead atoms. The van der Waals surface area contributed by atoms with E-state index in [1.165, 1.54) is 5.39 Å². The lowest BCUT2D eigenvalue weighted by Gasteiger charge is -2.19. The molecule has 0 fully saturated rings. The largest absolute Gasteiger partial charge is 0.0629 e. The predicted molar refractivity (Wildman–Crippen MR) is 173 cm³/mol. The summed E-state index contributed by atoms with van der Waals surface area (Å²) in [5.74, 6) is 0. The molecule has 40 heavy (non-hydrogen) atoms. The molecule has 0 aliphatic carbocycles. The molecule has 0 N–H and O–H groups in total. The molecule has 0 aromatic heterocycles. The molecule has 8 aromatic rings. The van der Waals surface area contributed by atoms with Gasteiger partial charge >= 0.3 is 0 Å². The molecule has 0 heterocycles. The van der Waals surface area contributed by atoms with Crippen LogP contribution in [-0.4, -0.2) is 0 Å². The minimum atomic E-state index is -0.306. The van der Waals surface area contributed by atoms with Gasteiger partial charge in [0.15, 0.2) is 0 Å². The van der Waals surface area contributed by atoms with Gasteiger partial charge in [-0.3, -0.25) is 0 Å². The number of hydrogen-bond acceptors (Lipinski definition) is 0. The van der Waals surface area contributed by atoms with Crippen LogP contribution < -0.4 is 0 Å². The molecule has 8 rings (SSSR count). The third-order valence-electron chi connectivity index (χ3n) is 7.85. The quantitative estimate of drug-likeness (QED) is 0.207. The van der Waals surface area contributed by atoms with Gasteiger partial charge in [-0.2, -0.15) is 0 Å². The van der Waals surface area contributed by atoms with E-state index in [0.29, 0.717) is 21.9 Å². The number of hydrogen-bond donors (Lipinski definition) is 0. The Balaban J connectivity index is 1.52. The van der Waals surface area contributed by atoms with Gasteiger partial charge in [0.1, 0.15) is 0 Å². The van der Waals surface area contributed by atoms with Gasteiger partial charge in [-0.15, -0.1) is 0 Å². The van der Waals surface area contributed by atoms with Crippen molar-refractivity contribution in [3.63, 3.8) is 0 Å². The Bertz CT molecular complexity index is 2550. The van der Waals surface area contributed by atoms with E-state index in [1.807, 2.05) is 54.6 Å². The molecule has 0 heteroatoms. The van der Waals surface area contributed by atoms with Gasteiger partial charge in [0, 0.05) is 0 Å². The highest BCUT2D eigenvalue weighted by molar-refractivity contribution is 6.24. The fraction of sp³-hybridized carbons (Fsp3) is 0. The van der Waals surface area contributed by atoms with Crippen molar-refractivity contribution in [3.8, 4) is 33.4 Å². The van der Waals surface area contributed by atoms with Crippen LogP contribution in [0.3, 0.4) is 0 Å². The number of benzene rings is 8. The van der Waals surface area contributed by atoms with Crippen LogP contribution in [0, 0.1) is 0 Å². The fourth-order valence-electron chi connectivity index (χ4n) is 6.09. The van der Waals surface area contributed by atoms with Gasteiger partial charge in [-0.1, -0.05) is 152 Å². The van der Waals surface area contributed by atoms with Gasteiger partial charge < -0.3 is 0 Å². The molecule has 0 aliphatic heterocycles. The van der Waals surface area contributed by atoms with Crippen molar-refractivity contribution >= 4 is 43.1 Å². The summed E-state index contributed by atoms with van der Waals surface area (Å²) < 4.78 is 52.1. The maximum Gasteiger partial charge on any atom is 0.0629 e. The third-order valence-corrected chi connectivity index (χ3v) is 7.85. The molecule has 186 valence electrons.